The van der Waals surface area contributed by atoms with Gasteiger partial charge in [-0.25, -0.2) is 0 Å². The van der Waals surface area contributed by atoms with E-state index in [1.54, 1.807) is 0 Å². The van der Waals surface area contributed by atoms with E-state index >= 15 is 0 Å². The summed E-state index contributed by atoms with van der Waals surface area (Å²) in [7, 11) is 0. The molecule has 46 valence electrons. The molecule has 0 aliphatic carbocycles. The van der Waals surface area contributed by atoms with Crippen LogP contribution in [0.4, 0.5) is 0 Å². The van der Waals surface area contributed by atoms with Crippen LogP contribution in [0.2, 0.25) is 0 Å². The molecular weight excluding hydrogens is 92.1 g/mol. The monoisotopic (exact) mass is 106 g/mol. The Kier molecular flexibility index (Phi) is 24.1. The van der Waals surface area contributed by atoms with E-state index in [9.17, 15) is 0 Å². The zero-order valence-corrected chi connectivity index (χ0v) is 5.02. The highest BCUT2D eigenvalue weighted by Crippen LogP contribution is 1.88. The molecule has 2 nitrogen and oxygen atoms in total. The lowest BCUT2D eigenvalue weighted by molar-refractivity contribution is -0.176. The van der Waals surface area contributed by atoms with E-state index in [-0.39, 0.29) is 0 Å². The molecule has 0 amide bonds. The first-order valence-electron chi connectivity index (χ1n) is 2.61. The smallest absolute Gasteiger partial charge is 0.0538 e. The van der Waals surface area contributed by atoms with Crippen molar-refractivity contribution < 1.29 is 10.5 Å². The van der Waals surface area contributed by atoms with E-state index in [0.29, 0.717) is 0 Å². The van der Waals surface area contributed by atoms with Crippen molar-refractivity contribution in [3.05, 3.63) is 0 Å². The lowest BCUT2D eigenvalue weighted by atomic mass is 10.3. The van der Waals surface area contributed by atoms with Crippen LogP contribution in [0.3, 0.4) is 0 Å². The van der Waals surface area contributed by atoms with Crippen molar-refractivity contribution in [2.75, 3.05) is 0 Å². The van der Waals surface area contributed by atoms with Crippen LogP contribution in [0, 0.1) is 0 Å². The van der Waals surface area contributed by atoms with Crippen molar-refractivity contribution in [2.24, 2.45) is 0 Å². The minimum Gasteiger partial charge on any atom is -0.255 e. The Balaban J connectivity index is 0. The molecule has 0 radical (unpaired) electrons. The van der Waals surface area contributed by atoms with Gasteiger partial charge >= 0.3 is 0 Å². The predicted molar refractivity (Wildman–Crippen MR) is 30.5 cm³/mol. The molecule has 0 spiro atoms. The highest BCUT2D eigenvalue weighted by Gasteiger charge is 1.68. The van der Waals surface area contributed by atoms with Gasteiger partial charge in [-0.2, -0.15) is 0 Å². The summed E-state index contributed by atoms with van der Waals surface area (Å²) in [4.78, 5) is 0. The summed E-state index contributed by atoms with van der Waals surface area (Å²) in [5, 5.41) is 12.0. The van der Waals surface area contributed by atoms with Gasteiger partial charge in [0.2, 0.25) is 0 Å². The number of unbranched alkanes of at least 4 members (excludes halogenated alkanes) is 2. The Hall–Kier alpha value is -0.0800. The summed E-state index contributed by atoms with van der Waals surface area (Å²) < 4.78 is 0. The van der Waals surface area contributed by atoms with Gasteiger partial charge in [-0.05, 0) is 0 Å². The number of rotatable bonds is 2. The molecule has 0 aromatic heterocycles. The third kappa shape index (κ3) is 24.7. The Labute approximate surface area is 44.7 Å². The van der Waals surface area contributed by atoms with Gasteiger partial charge in [-0.15, -0.1) is 0 Å². The van der Waals surface area contributed by atoms with Crippen LogP contribution in [-0.2, 0) is 0 Å². The second kappa shape index (κ2) is 16.8. The predicted octanol–water partition coefficient (Wildman–Crippen LogP) is 2.21. The summed E-state index contributed by atoms with van der Waals surface area (Å²) in [5.41, 5.74) is 0. The van der Waals surface area contributed by atoms with E-state index in [1.165, 1.54) is 19.3 Å². The standard InChI is InChI=1S/C5H12.H2O2/c1-3-5-4-2;1-2/h3-5H2,1-2H3;1-2H. The fourth-order valence-electron chi connectivity index (χ4n) is 0.354. The fourth-order valence-corrected chi connectivity index (χ4v) is 0.354. The summed E-state index contributed by atoms with van der Waals surface area (Å²) in [6, 6.07) is 0. The van der Waals surface area contributed by atoms with Crippen LogP contribution >= 0.6 is 0 Å². The molecule has 7 heavy (non-hydrogen) atoms. The van der Waals surface area contributed by atoms with Crippen LogP contribution in [0.5, 0.6) is 0 Å². The SMILES string of the molecule is CCCCC.OO. The molecule has 0 aliphatic rings. The molecule has 0 unspecified atom stereocenters. The first-order valence-corrected chi connectivity index (χ1v) is 2.61. The Morgan fingerprint density at radius 1 is 1.00 bits per heavy atom. The molecule has 0 aromatic carbocycles. The fraction of sp³-hybridized carbons (Fsp3) is 1.00. The van der Waals surface area contributed by atoms with Gasteiger partial charge < -0.3 is 0 Å². The molecule has 2 heteroatoms. The number of hydrogen-bond donors (Lipinski definition) is 2. The quantitative estimate of drug-likeness (QED) is 0.418. The maximum Gasteiger partial charge on any atom is -0.0538 e. The molecule has 0 saturated heterocycles. The van der Waals surface area contributed by atoms with Gasteiger partial charge in [0.15, 0.2) is 0 Å². The topological polar surface area (TPSA) is 40.5 Å². The second-order valence-electron chi connectivity index (χ2n) is 1.35. The van der Waals surface area contributed by atoms with Crippen LogP contribution in [0.25, 0.3) is 0 Å². The highest BCUT2D eigenvalue weighted by molar-refractivity contribution is 4.24. The van der Waals surface area contributed by atoms with Crippen molar-refractivity contribution in [2.45, 2.75) is 33.1 Å². The van der Waals surface area contributed by atoms with Crippen molar-refractivity contribution in [1.82, 2.24) is 0 Å². The molecule has 0 aromatic rings. The largest absolute Gasteiger partial charge is 0.255 e. The van der Waals surface area contributed by atoms with Gasteiger partial charge in [0.1, 0.15) is 0 Å². The van der Waals surface area contributed by atoms with Gasteiger partial charge in [0.05, 0.1) is 0 Å². The van der Waals surface area contributed by atoms with E-state index in [0.717, 1.165) is 0 Å². The molecule has 0 bridgehead atoms. The maximum atomic E-state index is 6.00. The first kappa shape index (κ1) is 10.0. The van der Waals surface area contributed by atoms with Crippen LogP contribution in [-0.4, -0.2) is 10.5 Å². The van der Waals surface area contributed by atoms with E-state index < -0.39 is 0 Å². The second-order valence-corrected chi connectivity index (χ2v) is 1.35. The lowest BCUT2D eigenvalue weighted by Gasteiger charge is -1.79. The molecule has 0 saturated carbocycles. The molecule has 0 rings (SSSR count). The van der Waals surface area contributed by atoms with Gasteiger partial charge in [-0.1, -0.05) is 33.1 Å². The Morgan fingerprint density at radius 3 is 1.29 bits per heavy atom. The average Bonchev–Trinajstić information content (AvgIpc) is 1.75. The van der Waals surface area contributed by atoms with E-state index in [4.69, 9.17) is 10.5 Å². The van der Waals surface area contributed by atoms with Gasteiger partial charge in [0.25, 0.3) is 0 Å². The minimum absolute atomic E-state index is 1.34. The van der Waals surface area contributed by atoms with Crippen molar-refractivity contribution in [3.8, 4) is 0 Å². The highest BCUT2D eigenvalue weighted by atomic mass is 17.0. The zero-order chi connectivity index (χ0) is 6.12. The molecule has 0 aliphatic heterocycles. The normalized spacial score (nSPS) is 6.86. The van der Waals surface area contributed by atoms with Crippen molar-refractivity contribution >= 4 is 0 Å². The van der Waals surface area contributed by atoms with E-state index in [2.05, 4.69) is 13.8 Å². The molecule has 0 fully saturated rings. The summed E-state index contributed by atoms with van der Waals surface area (Å²) in [6.07, 6.45) is 4.08. The maximum absolute atomic E-state index is 6.00. The van der Waals surface area contributed by atoms with Gasteiger partial charge in [-0.3, -0.25) is 10.5 Å². The number of hydrogen-bond acceptors (Lipinski definition) is 2. The summed E-state index contributed by atoms with van der Waals surface area (Å²) >= 11 is 0. The van der Waals surface area contributed by atoms with Gasteiger partial charge in [0, 0.05) is 0 Å². The molecular formula is C5H14O2. The van der Waals surface area contributed by atoms with Crippen LogP contribution in [0.1, 0.15) is 33.1 Å². The van der Waals surface area contributed by atoms with Crippen LogP contribution < -0.4 is 0 Å². The molecule has 0 heterocycles. The average molecular weight is 106 g/mol. The lowest BCUT2D eigenvalue weighted by Crippen LogP contribution is -1.59. The third-order valence-electron chi connectivity index (χ3n) is 0.707. The van der Waals surface area contributed by atoms with Crippen molar-refractivity contribution in [1.29, 1.82) is 0 Å². The van der Waals surface area contributed by atoms with Crippen molar-refractivity contribution in [3.63, 3.8) is 0 Å². The zero-order valence-electron chi connectivity index (χ0n) is 5.02. The Morgan fingerprint density at radius 2 is 1.29 bits per heavy atom. The molecule has 2 N–H and O–H groups in total. The minimum atomic E-state index is 1.34. The summed E-state index contributed by atoms with van der Waals surface area (Å²) in [5.74, 6) is 0. The van der Waals surface area contributed by atoms with Crippen LogP contribution in [0.15, 0.2) is 0 Å². The molecule has 0 atom stereocenters. The van der Waals surface area contributed by atoms with E-state index in [1.807, 2.05) is 0 Å². The summed E-state index contributed by atoms with van der Waals surface area (Å²) in [6.45, 7) is 4.42. The third-order valence-corrected chi connectivity index (χ3v) is 0.707. The first-order chi connectivity index (χ1) is 3.41. The Bertz CT molecular complexity index is 13.6.